The first-order valence-electron chi connectivity index (χ1n) is 7.90. The van der Waals surface area contributed by atoms with Gasteiger partial charge in [0.1, 0.15) is 11.8 Å². The van der Waals surface area contributed by atoms with E-state index in [9.17, 15) is 9.59 Å². The highest BCUT2D eigenvalue weighted by atomic mass is 35.5. The highest BCUT2D eigenvalue weighted by molar-refractivity contribution is 8.02. The molecule has 0 saturated carbocycles. The van der Waals surface area contributed by atoms with E-state index in [1.807, 2.05) is 22.9 Å². The summed E-state index contributed by atoms with van der Waals surface area (Å²) in [7, 11) is 5.49. The van der Waals surface area contributed by atoms with Crippen molar-refractivity contribution in [3.05, 3.63) is 39.2 Å². The fourth-order valence-corrected chi connectivity index (χ4v) is 5.57. The van der Waals surface area contributed by atoms with Gasteiger partial charge in [-0.25, -0.2) is 4.71 Å². The van der Waals surface area contributed by atoms with Gasteiger partial charge in [-0.05, 0) is 22.4 Å². The minimum Gasteiger partial charge on any atom is -0.315 e. The minimum absolute atomic E-state index is 0.0701. The van der Waals surface area contributed by atoms with E-state index in [0.717, 1.165) is 15.2 Å². The lowest BCUT2D eigenvalue weighted by atomic mass is 9.88. The van der Waals surface area contributed by atoms with Gasteiger partial charge in [-0.2, -0.15) is 0 Å². The number of alkyl halides is 1. The molecule has 4 rings (SSSR count). The van der Waals surface area contributed by atoms with Crippen molar-refractivity contribution < 1.29 is 9.59 Å². The van der Waals surface area contributed by atoms with E-state index >= 15 is 0 Å². The number of aromatic nitrogens is 4. The summed E-state index contributed by atoms with van der Waals surface area (Å²) in [5.74, 6) is 0.226. The summed E-state index contributed by atoms with van der Waals surface area (Å²) in [6.45, 7) is 0. The number of Topliss-reactive ketones (excluding diaryl/α,β-unsaturated/α-hetero) is 1. The van der Waals surface area contributed by atoms with E-state index in [0.29, 0.717) is 12.2 Å². The van der Waals surface area contributed by atoms with E-state index in [4.69, 9.17) is 19.6 Å². The van der Waals surface area contributed by atoms with E-state index in [1.54, 1.807) is 16.2 Å². The Morgan fingerprint density at radius 3 is 2.92 bits per heavy atom. The number of ketones is 1. The fourth-order valence-electron chi connectivity index (χ4n) is 3.24. The molecule has 1 saturated heterocycles. The molecule has 0 spiro atoms. The predicted octanol–water partition coefficient (Wildman–Crippen LogP) is 1.56. The van der Waals surface area contributed by atoms with Crippen LogP contribution in [-0.2, 0) is 16.0 Å². The molecule has 11 heteroatoms. The van der Waals surface area contributed by atoms with Gasteiger partial charge in [0, 0.05) is 23.6 Å². The summed E-state index contributed by atoms with van der Waals surface area (Å²) < 4.78 is 0.865. The Kier molecular flexibility index (Phi) is 4.89. The zero-order valence-electron chi connectivity index (χ0n) is 13.5. The standard InChI is InChI=1S/C15H13BClN5O2S2/c16-22-19-13(18-20-22)12-8(6-17)7-26-15-11(14(24)21(12)15)5-9(23)4-10-2-1-3-25-10/h1-3,7,11-12,15H,4-6H2/t11-,12-,15-/m1/s1. The third-order valence-electron chi connectivity index (χ3n) is 4.42. The van der Waals surface area contributed by atoms with Crippen LogP contribution in [0.2, 0.25) is 0 Å². The van der Waals surface area contributed by atoms with Gasteiger partial charge in [-0.15, -0.1) is 44.9 Å². The molecule has 0 unspecified atom stereocenters. The number of carbonyl (C=O) groups is 2. The van der Waals surface area contributed by atoms with Crippen LogP contribution in [0.1, 0.15) is 23.2 Å². The number of thioether (sulfide) groups is 1. The molecule has 132 valence electrons. The second kappa shape index (κ2) is 7.17. The van der Waals surface area contributed by atoms with E-state index in [2.05, 4.69) is 15.4 Å². The first-order valence-corrected chi connectivity index (χ1v) is 10.3. The molecule has 2 radical (unpaired) electrons. The maximum absolute atomic E-state index is 12.8. The molecule has 1 amide bonds. The van der Waals surface area contributed by atoms with Gasteiger partial charge in [0.25, 0.3) is 7.98 Å². The van der Waals surface area contributed by atoms with Crippen molar-refractivity contribution in [2.75, 3.05) is 5.88 Å². The molecule has 0 aliphatic carbocycles. The van der Waals surface area contributed by atoms with Crippen LogP contribution in [0, 0.1) is 5.92 Å². The van der Waals surface area contributed by atoms with Gasteiger partial charge in [0.2, 0.25) is 5.91 Å². The van der Waals surface area contributed by atoms with Crippen LogP contribution in [0.5, 0.6) is 0 Å². The molecule has 4 heterocycles. The van der Waals surface area contributed by atoms with Crippen molar-refractivity contribution in [2.45, 2.75) is 24.3 Å². The Morgan fingerprint density at radius 2 is 2.27 bits per heavy atom. The Balaban J connectivity index is 1.50. The van der Waals surface area contributed by atoms with Gasteiger partial charge in [0.05, 0.1) is 11.3 Å². The third-order valence-corrected chi connectivity index (χ3v) is 6.88. The van der Waals surface area contributed by atoms with E-state index in [1.165, 1.54) is 11.8 Å². The monoisotopic (exact) mass is 405 g/mol. The maximum Gasteiger partial charge on any atom is 0.298 e. The zero-order valence-corrected chi connectivity index (χ0v) is 15.9. The molecule has 2 aromatic heterocycles. The quantitative estimate of drug-likeness (QED) is 0.412. The van der Waals surface area contributed by atoms with Crippen LogP contribution in [0.25, 0.3) is 0 Å². The van der Waals surface area contributed by atoms with Gasteiger partial charge < -0.3 is 4.90 Å². The number of amides is 1. The topological polar surface area (TPSA) is 81.0 Å². The summed E-state index contributed by atoms with van der Waals surface area (Å²) in [6, 6.07) is 3.37. The van der Waals surface area contributed by atoms with E-state index in [-0.39, 0.29) is 35.3 Å². The molecule has 1 fully saturated rings. The summed E-state index contributed by atoms with van der Waals surface area (Å²) >= 11 is 9.09. The minimum atomic E-state index is -0.479. The van der Waals surface area contributed by atoms with Gasteiger partial charge in [-0.1, -0.05) is 11.3 Å². The molecule has 7 nitrogen and oxygen atoms in total. The summed E-state index contributed by atoms with van der Waals surface area (Å²) in [4.78, 5) is 27.8. The van der Waals surface area contributed by atoms with Crippen LogP contribution in [0.4, 0.5) is 0 Å². The molecule has 2 aliphatic rings. The number of halogens is 1. The van der Waals surface area contributed by atoms with Gasteiger partial charge in [0.15, 0.2) is 5.82 Å². The first-order chi connectivity index (χ1) is 12.6. The molecule has 26 heavy (non-hydrogen) atoms. The smallest absolute Gasteiger partial charge is 0.298 e. The number of carbonyl (C=O) groups excluding carboxylic acids is 2. The SMILES string of the molecule is [B]n1nnc([C@H]2C(CCl)=CS[C@@H]3[C@H](CC(=O)Cc4cccs4)C(=O)N23)n1. The first kappa shape index (κ1) is 17.8. The van der Waals surface area contributed by atoms with Gasteiger partial charge >= 0.3 is 0 Å². The predicted molar refractivity (Wildman–Crippen MR) is 99.9 cm³/mol. The fraction of sp³-hybridized carbons (Fsp3) is 0.400. The zero-order chi connectivity index (χ0) is 18.3. The maximum atomic E-state index is 12.8. The highest BCUT2D eigenvalue weighted by Crippen LogP contribution is 2.49. The molecular weight excluding hydrogens is 393 g/mol. The molecule has 0 aromatic carbocycles. The summed E-state index contributed by atoms with van der Waals surface area (Å²) in [5.41, 5.74) is 0.817. The number of nitrogens with zero attached hydrogens (tertiary/aromatic N) is 5. The molecule has 2 aliphatic heterocycles. The molecule has 0 N–H and O–H groups in total. The van der Waals surface area contributed by atoms with Crippen molar-refractivity contribution in [1.29, 1.82) is 0 Å². The number of fused-ring (bicyclic) bond motifs is 1. The Labute approximate surface area is 164 Å². The highest BCUT2D eigenvalue weighted by Gasteiger charge is 2.54. The van der Waals surface area contributed by atoms with Crippen LogP contribution >= 0.6 is 34.7 Å². The van der Waals surface area contributed by atoms with Crippen LogP contribution in [0.3, 0.4) is 0 Å². The Bertz CT molecular complexity index is 871. The molecular formula is C15H13BClN5O2S2. The molecule has 2 aromatic rings. The average molecular weight is 406 g/mol. The Hall–Kier alpha value is -1.65. The van der Waals surface area contributed by atoms with Crippen LogP contribution < -0.4 is 0 Å². The lowest BCUT2D eigenvalue weighted by Gasteiger charge is -2.51. The molecule has 0 bridgehead atoms. The van der Waals surface area contributed by atoms with E-state index < -0.39 is 6.04 Å². The van der Waals surface area contributed by atoms with Crippen molar-refractivity contribution in [3.63, 3.8) is 0 Å². The number of tetrazole rings is 1. The number of β-lactam (4-membered cyclic amide) rings is 1. The van der Waals surface area contributed by atoms with Crippen LogP contribution in [-0.4, -0.2) is 55.9 Å². The second-order valence-electron chi connectivity index (χ2n) is 6.07. The van der Waals surface area contributed by atoms with Crippen LogP contribution in [0.15, 0.2) is 28.5 Å². The van der Waals surface area contributed by atoms with Crippen molar-refractivity contribution in [3.8, 4) is 0 Å². The average Bonchev–Trinajstić information content (AvgIpc) is 3.29. The molecule has 3 atom stereocenters. The third kappa shape index (κ3) is 3.10. The van der Waals surface area contributed by atoms with Gasteiger partial charge in [-0.3, -0.25) is 9.59 Å². The lowest BCUT2D eigenvalue weighted by molar-refractivity contribution is -0.155. The number of hydrogen-bond donors (Lipinski definition) is 0. The van der Waals surface area contributed by atoms with Crippen molar-refractivity contribution >= 4 is 54.4 Å². The largest absolute Gasteiger partial charge is 0.315 e. The van der Waals surface area contributed by atoms with Crippen molar-refractivity contribution in [1.82, 2.24) is 25.0 Å². The Morgan fingerprint density at radius 1 is 1.42 bits per heavy atom. The second-order valence-corrected chi connectivity index (χ2v) is 8.36. The number of hydrogen-bond acceptors (Lipinski definition) is 7. The number of rotatable bonds is 6. The number of thiophene rings is 1. The summed E-state index contributed by atoms with van der Waals surface area (Å²) in [5, 5.41) is 15.3. The normalized spacial score (nSPS) is 24.8. The van der Waals surface area contributed by atoms with Crippen molar-refractivity contribution in [2.24, 2.45) is 5.92 Å². The summed E-state index contributed by atoms with van der Waals surface area (Å²) in [6.07, 6.45) is 0.604. The lowest BCUT2D eigenvalue weighted by Crippen LogP contribution is -2.62.